The van der Waals surface area contributed by atoms with Crippen LogP contribution in [0.3, 0.4) is 0 Å². The van der Waals surface area contributed by atoms with Crippen molar-refractivity contribution in [1.29, 1.82) is 0 Å². The molecule has 6 rings (SSSR count). The van der Waals surface area contributed by atoms with Crippen LogP contribution in [0.4, 0.5) is 10.8 Å². The number of carbonyl (C=O) groups excluding carboxylic acids is 1. The third kappa shape index (κ3) is 4.77. The fourth-order valence-corrected chi connectivity index (χ4v) is 8.54. The summed E-state index contributed by atoms with van der Waals surface area (Å²) in [4.78, 5) is 19.7. The van der Waals surface area contributed by atoms with Crippen LogP contribution in [-0.2, 0) is 23.1 Å². The van der Waals surface area contributed by atoms with Gasteiger partial charge in [-0.05, 0) is 62.1 Å². The quantitative estimate of drug-likeness (QED) is 0.374. The number of rotatable bonds is 6. The van der Waals surface area contributed by atoms with Crippen molar-refractivity contribution < 1.29 is 13.2 Å². The second-order valence-electron chi connectivity index (χ2n) is 9.34. The number of sulfonamides is 1. The Morgan fingerprint density at radius 3 is 2.92 bits per heavy atom. The number of carbonyl (C=O) groups is 1. The number of aromatic nitrogens is 3. The van der Waals surface area contributed by atoms with Gasteiger partial charge in [-0.3, -0.25) is 19.1 Å². The van der Waals surface area contributed by atoms with Crippen molar-refractivity contribution in [2.45, 2.75) is 36.2 Å². The summed E-state index contributed by atoms with van der Waals surface area (Å²) >= 11 is 2.54. The first-order valence-corrected chi connectivity index (χ1v) is 15.3. The van der Waals surface area contributed by atoms with Crippen LogP contribution in [0.5, 0.6) is 0 Å². The maximum Gasteiger partial charge on any atom is 0.277 e. The van der Waals surface area contributed by atoms with Crippen LogP contribution in [0.2, 0.25) is 0 Å². The molecule has 0 bridgehead atoms. The van der Waals surface area contributed by atoms with Crippen LogP contribution in [0.15, 0.2) is 46.0 Å². The number of amides is 1. The zero-order valence-corrected chi connectivity index (χ0v) is 22.7. The van der Waals surface area contributed by atoms with Gasteiger partial charge in [0.2, 0.25) is 0 Å². The molecular weight excluding hydrogens is 531 g/mol. The molecule has 1 fully saturated rings. The second kappa shape index (κ2) is 9.80. The molecule has 2 aliphatic heterocycles. The third-order valence-electron chi connectivity index (χ3n) is 6.66. The summed E-state index contributed by atoms with van der Waals surface area (Å²) in [6.07, 6.45) is 1.72. The van der Waals surface area contributed by atoms with Gasteiger partial charge in [-0.2, -0.15) is 5.10 Å². The van der Waals surface area contributed by atoms with Crippen LogP contribution in [0.25, 0.3) is 10.2 Å². The lowest BCUT2D eigenvalue weighted by Crippen LogP contribution is -2.41. The summed E-state index contributed by atoms with van der Waals surface area (Å²) in [5.41, 5.74) is 2.68. The van der Waals surface area contributed by atoms with Crippen LogP contribution >= 0.6 is 22.7 Å². The van der Waals surface area contributed by atoms with E-state index in [9.17, 15) is 13.2 Å². The molecule has 0 spiro atoms. The summed E-state index contributed by atoms with van der Waals surface area (Å²) in [7, 11) is -1.64. The van der Waals surface area contributed by atoms with Crippen molar-refractivity contribution in [2.75, 3.05) is 36.3 Å². The summed E-state index contributed by atoms with van der Waals surface area (Å²) < 4.78 is 31.7. The molecule has 1 atom stereocenters. The number of thiazole rings is 1. The Balaban J connectivity index is 1.27. The van der Waals surface area contributed by atoms with Gasteiger partial charge in [0.25, 0.3) is 15.9 Å². The number of hydrogen-bond donors (Lipinski definition) is 2. The van der Waals surface area contributed by atoms with Gasteiger partial charge < -0.3 is 10.2 Å². The maximum atomic E-state index is 13.6. The van der Waals surface area contributed by atoms with Crippen LogP contribution in [-0.4, -0.2) is 66.7 Å². The monoisotopic (exact) mass is 557 g/mol. The minimum atomic E-state index is -3.71. The first-order valence-electron chi connectivity index (χ1n) is 12.1. The Morgan fingerprint density at radius 2 is 2.14 bits per heavy atom. The van der Waals surface area contributed by atoms with E-state index in [0.29, 0.717) is 32.8 Å². The number of anilines is 2. The van der Waals surface area contributed by atoms with E-state index < -0.39 is 10.0 Å². The summed E-state index contributed by atoms with van der Waals surface area (Å²) in [6.45, 7) is 3.91. The topological polar surface area (TPSA) is 112 Å². The first kappa shape index (κ1) is 24.5. The third-order valence-corrected chi connectivity index (χ3v) is 10.8. The molecule has 2 aliphatic rings. The molecule has 1 aromatic carbocycles. The summed E-state index contributed by atoms with van der Waals surface area (Å²) in [5.74, 6) is -0.304. The SMILES string of the molecule is CN1CCCn2nc(C(=O)Nc3nc4ccc(N(C5CCNC5)S(=O)(=O)c5cccs5)cc4s3)cc2C1. The molecule has 4 aromatic rings. The Labute approximate surface area is 223 Å². The molecule has 5 heterocycles. The van der Waals surface area contributed by atoms with Gasteiger partial charge in [-0.15, -0.1) is 11.3 Å². The molecule has 0 aliphatic carbocycles. The number of benzene rings is 1. The van der Waals surface area contributed by atoms with E-state index >= 15 is 0 Å². The second-order valence-corrected chi connectivity index (χ2v) is 13.4. The summed E-state index contributed by atoms with van der Waals surface area (Å²) in [6, 6.07) is 10.5. The Morgan fingerprint density at radius 1 is 1.24 bits per heavy atom. The van der Waals surface area contributed by atoms with Crippen molar-refractivity contribution in [3.05, 3.63) is 53.2 Å². The lowest BCUT2D eigenvalue weighted by molar-refractivity contribution is 0.102. The number of hydrogen-bond acceptors (Lipinski definition) is 9. The van der Waals surface area contributed by atoms with E-state index in [4.69, 9.17) is 0 Å². The molecule has 13 heteroatoms. The van der Waals surface area contributed by atoms with Gasteiger partial charge in [-0.1, -0.05) is 17.4 Å². The highest BCUT2D eigenvalue weighted by Gasteiger charge is 2.34. The van der Waals surface area contributed by atoms with Crippen LogP contribution in [0, 0.1) is 0 Å². The van der Waals surface area contributed by atoms with E-state index in [2.05, 4.69) is 32.7 Å². The number of nitrogens with one attached hydrogen (secondary N) is 2. The highest BCUT2D eigenvalue weighted by Crippen LogP contribution is 2.35. The fraction of sp³-hybridized carbons (Fsp3) is 0.375. The Bertz CT molecular complexity index is 1540. The Kier molecular flexibility index (Phi) is 6.49. The summed E-state index contributed by atoms with van der Waals surface area (Å²) in [5, 5.41) is 12.9. The molecule has 0 saturated carbocycles. The van der Waals surface area contributed by atoms with Crippen molar-refractivity contribution in [2.24, 2.45) is 0 Å². The van der Waals surface area contributed by atoms with Gasteiger partial charge in [0.05, 0.1) is 27.6 Å². The maximum absolute atomic E-state index is 13.6. The molecule has 10 nitrogen and oxygen atoms in total. The number of aryl methyl sites for hydroxylation is 1. The van der Waals surface area contributed by atoms with E-state index in [-0.39, 0.29) is 11.9 Å². The van der Waals surface area contributed by atoms with E-state index in [1.165, 1.54) is 27.0 Å². The van der Waals surface area contributed by atoms with Crippen molar-refractivity contribution in [3.63, 3.8) is 0 Å². The molecule has 1 saturated heterocycles. The van der Waals surface area contributed by atoms with Gasteiger partial charge in [0.15, 0.2) is 10.8 Å². The normalized spacial score (nSPS) is 18.6. The lowest BCUT2D eigenvalue weighted by Gasteiger charge is -2.29. The van der Waals surface area contributed by atoms with E-state index in [1.54, 1.807) is 23.6 Å². The predicted molar refractivity (Wildman–Crippen MR) is 146 cm³/mol. The zero-order valence-electron chi connectivity index (χ0n) is 20.3. The predicted octanol–water partition coefficient (Wildman–Crippen LogP) is 3.20. The van der Waals surface area contributed by atoms with Gasteiger partial charge in [-0.25, -0.2) is 13.4 Å². The van der Waals surface area contributed by atoms with Crippen LogP contribution < -0.4 is 14.9 Å². The average Bonchev–Trinajstić information content (AvgIpc) is 3.66. The van der Waals surface area contributed by atoms with E-state index in [1.807, 2.05) is 22.9 Å². The molecule has 1 unspecified atom stereocenters. The average molecular weight is 558 g/mol. The Hall–Kier alpha value is -2.84. The minimum absolute atomic E-state index is 0.174. The standard InChI is InChI=1S/C24H27N7O3S3/c1-29-9-3-10-30-18(15-29)12-20(28-30)23(32)27-24-26-19-6-5-16(13-21(19)36-24)31(17-7-8-25-14-17)37(33,34)22-4-2-11-35-22/h2,4-6,11-13,17,25H,3,7-10,14-15H2,1H3,(H,26,27,32). The van der Waals surface area contributed by atoms with Gasteiger partial charge in [0, 0.05) is 26.2 Å². The van der Waals surface area contributed by atoms with E-state index in [0.717, 1.165) is 49.4 Å². The molecule has 3 aromatic heterocycles. The smallest absolute Gasteiger partial charge is 0.277 e. The van der Waals surface area contributed by atoms with Gasteiger partial charge >= 0.3 is 0 Å². The highest BCUT2D eigenvalue weighted by molar-refractivity contribution is 7.94. The number of fused-ring (bicyclic) bond motifs is 2. The molecule has 0 radical (unpaired) electrons. The highest BCUT2D eigenvalue weighted by atomic mass is 32.2. The molecule has 37 heavy (non-hydrogen) atoms. The van der Waals surface area contributed by atoms with Crippen molar-refractivity contribution in [1.82, 2.24) is 25.0 Å². The molecule has 2 N–H and O–H groups in total. The number of thiophene rings is 1. The van der Waals surface area contributed by atoms with Crippen LogP contribution in [0.1, 0.15) is 29.0 Å². The zero-order chi connectivity index (χ0) is 25.6. The first-order chi connectivity index (χ1) is 17.9. The lowest BCUT2D eigenvalue weighted by atomic mass is 10.2. The largest absolute Gasteiger partial charge is 0.315 e. The molecular formula is C24H27N7O3S3. The fourth-order valence-electron chi connectivity index (χ4n) is 4.89. The number of nitrogens with zero attached hydrogens (tertiary/aromatic N) is 5. The van der Waals surface area contributed by atoms with Crippen molar-refractivity contribution in [3.8, 4) is 0 Å². The van der Waals surface area contributed by atoms with Gasteiger partial charge in [0.1, 0.15) is 4.21 Å². The molecule has 194 valence electrons. The minimum Gasteiger partial charge on any atom is -0.315 e. The van der Waals surface area contributed by atoms with Crippen molar-refractivity contribution >= 4 is 59.6 Å². The molecule has 1 amide bonds.